The summed E-state index contributed by atoms with van der Waals surface area (Å²) in [5, 5.41) is 40.2. The van der Waals surface area contributed by atoms with E-state index >= 15 is 0 Å². The number of benzene rings is 2. The summed E-state index contributed by atoms with van der Waals surface area (Å²) in [7, 11) is 0. The molecule has 0 amide bonds. The second-order valence-electron chi connectivity index (χ2n) is 4.08. The fourth-order valence-electron chi connectivity index (χ4n) is 1.67. The minimum Gasteiger partial charge on any atom is -0.606 e. The van der Waals surface area contributed by atoms with E-state index in [9.17, 15) is 35.0 Å². The number of nitro groups is 2. The molecule has 0 aliphatic rings. The maximum absolute atomic E-state index is 12.3. The van der Waals surface area contributed by atoms with Crippen LogP contribution in [0.1, 0.15) is 0 Å². The molecular weight excluding hydrogens is 316 g/mol. The molecule has 0 aliphatic carbocycles. The van der Waals surface area contributed by atoms with Gasteiger partial charge in [0.1, 0.15) is 0 Å². The topological polar surface area (TPSA) is 150 Å². The lowest BCUT2D eigenvalue weighted by Crippen LogP contribution is -2.04. The molecule has 22 heavy (non-hydrogen) atoms. The van der Waals surface area contributed by atoms with Crippen molar-refractivity contribution >= 4 is 22.6 Å². The zero-order valence-electron chi connectivity index (χ0n) is 10.7. The monoisotopic (exact) mass is 324 g/mol. The standard InChI is InChI=1S/C12H8N2O7S/c15-11-3-1-7(5-9(11)13(17)18)22(21)8-2-4-12(16)10(6-8)14(19)20/h1-6,15-16H. The SMILES string of the molecule is O=[N+]([O-])c1cc([S+]([O-])c2ccc(O)c([N+](=O)[O-])c2)ccc1O. The highest BCUT2D eigenvalue weighted by atomic mass is 32.2. The lowest BCUT2D eigenvalue weighted by Gasteiger charge is -2.10. The third kappa shape index (κ3) is 2.92. The van der Waals surface area contributed by atoms with Crippen LogP contribution in [0.25, 0.3) is 0 Å². The van der Waals surface area contributed by atoms with Gasteiger partial charge in [-0.25, -0.2) is 0 Å². The molecule has 0 heterocycles. The maximum Gasteiger partial charge on any atom is 0.315 e. The predicted molar refractivity (Wildman–Crippen MR) is 74.2 cm³/mol. The molecule has 2 aromatic rings. The van der Waals surface area contributed by atoms with E-state index in [-0.39, 0.29) is 9.79 Å². The predicted octanol–water partition coefficient (Wildman–Crippen LogP) is 2.08. The summed E-state index contributed by atoms with van der Waals surface area (Å²) in [6.07, 6.45) is 0. The molecule has 0 aliphatic heterocycles. The average Bonchev–Trinajstić information content (AvgIpc) is 2.47. The molecule has 0 aromatic heterocycles. The first kappa shape index (κ1) is 15.5. The zero-order valence-corrected chi connectivity index (χ0v) is 11.5. The van der Waals surface area contributed by atoms with E-state index in [4.69, 9.17) is 0 Å². The Labute approximate surface area is 125 Å². The Kier molecular flexibility index (Phi) is 4.15. The molecule has 10 heteroatoms. The molecule has 2 aromatic carbocycles. The molecule has 9 nitrogen and oxygen atoms in total. The van der Waals surface area contributed by atoms with Crippen molar-refractivity contribution in [3.8, 4) is 11.5 Å². The molecule has 2 rings (SSSR count). The second kappa shape index (κ2) is 5.87. The number of phenols is 2. The molecule has 0 unspecified atom stereocenters. The van der Waals surface area contributed by atoms with Gasteiger partial charge in [-0.1, -0.05) is 0 Å². The van der Waals surface area contributed by atoms with Gasteiger partial charge < -0.3 is 14.8 Å². The van der Waals surface area contributed by atoms with Gasteiger partial charge in [0.15, 0.2) is 21.3 Å². The minimum atomic E-state index is -1.95. The highest BCUT2D eigenvalue weighted by Gasteiger charge is 2.25. The van der Waals surface area contributed by atoms with Crippen LogP contribution < -0.4 is 0 Å². The number of hydrogen-bond acceptors (Lipinski definition) is 7. The van der Waals surface area contributed by atoms with Crippen molar-refractivity contribution in [2.24, 2.45) is 0 Å². The Morgan fingerprint density at radius 2 is 1.18 bits per heavy atom. The van der Waals surface area contributed by atoms with E-state index < -0.39 is 43.9 Å². The summed E-state index contributed by atoms with van der Waals surface area (Å²) in [4.78, 5) is 19.8. The van der Waals surface area contributed by atoms with Crippen LogP contribution in [0.5, 0.6) is 11.5 Å². The third-order valence-corrected chi connectivity index (χ3v) is 4.08. The molecule has 0 radical (unpaired) electrons. The van der Waals surface area contributed by atoms with Crippen LogP contribution in [0.3, 0.4) is 0 Å². The van der Waals surface area contributed by atoms with Gasteiger partial charge in [0.2, 0.25) is 0 Å². The molecule has 0 atom stereocenters. The number of nitrogens with zero attached hydrogens (tertiary/aromatic N) is 2. The Morgan fingerprint density at radius 3 is 1.50 bits per heavy atom. The Hall–Kier alpha value is -2.85. The number of rotatable bonds is 4. The molecule has 0 saturated carbocycles. The van der Waals surface area contributed by atoms with E-state index in [2.05, 4.69) is 0 Å². The van der Waals surface area contributed by atoms with Gasteiger partial charge >= 0.3 is 11.4 Å². The molecule has 0 bridgehead atoms. The molecule has 0 fully saturated rings. The van der Waals surface area contributed by atoms with Crippen LogP contribution in [-0.4, -0.2) is 24.6 Å². The summed E-state index contributed by atoms with van der Waals surface area (Å²) < 4.78 is 12.3. The Balaban J connectivity index is 2.46. The van der Waals surface area contributed by atoms with Crippen LogP contribution in [0, 0.1) is 20.2 Å². The lowest BCUT2D eigenvalue weighted by atomic mass is 10.3. The average molecular weight is 324 g/mol. The van der Waals surface area contributed by atoms with Crippen molar-refractivity contribution in [3.63, 3.8) is 0 Å². The zero-order chi connectivity index (χ0) is 16.4. The number of aromatic hydroxyl groups is 2. The fourth-order valence-corrected chi connectivity index (χ4v) is 2.76. The van der Waals surface area contributed by atoms with Crippen LogP contribution in [-0.2, 0) is 11.2 Å². The lowest BCUT2D eigenvalue weighted by molar-refractivity contribution is -0.386. The molecule has 0 spiro atoms. The quantitative estimate of drug-likeness (QED) is 0.496. The van der Waals surface area contributed by atoms with Crippen LogP contribution in [0.4, 0.5) is 11.4 Å². The summed E-state index contributed by atoms with van der Waals surface area (Å²) in [5.74, 6) is -1.16. The van der Waals surface area contributed by atoms with E-state index in [1.54, 1.807) is 0 Å². The summed E-state index contributed by atoms with van der Waals surface area (Å²) in [6, 6.07) is 6.28. The highest BCUT2D eigenvalue weighted by Crippen LogP contribution is 2.34. The molecule has 0 saturated heterocycles. The largest absolute Gasteiger partial charge is 0.606 e. The van der Waals surface area contributed by atoms with Crippen molar-refractivity contribution in [2.75, 3.05) is 0 Å². The Bertz CT molecular complexity index is 702. The summed E-state index contributed by atoms with van der Waals surface area (Å²) >= 11 is -1.95. The maximum atomic E-state index is 12.3. The fraction of sp³-hybridized carbons (Fsp3) is 0. The van der Waals surface area contributed by atoms with Crippen LogP contribution in [0.2, 0.25) is 0 Å². The normalized spacial score (nSPS) is 10.6. The molecular formula is C12H8N2O7S. The minimum absolute atomic E-state index is 0.00973. The van der Waals surface area contributed by atoms with E-state index in [1.807, 2.05) is 0 Å². The number of phenolic OH excluding ortho intramolecular Hbond substituents is 2. The van der Waals surface area contributed by atoms with Gasteiger partial charge in [0.05, 0.1) is 22.0 Å². The highest BCUT2D eigenvalue weighted by molar-refractivity contribution is 7.91. The summed E-state index contributed by atoms with van der Waals surface area (Å²) in [5.41, 5.74) is -1.25. The first-order valence-electron chi connectivity index (χ1n) is 5.68. The third-order valence-electron chi connectivity index (χ3n) is 2.72. The Morgan fingerprint density at radius 1 is 0.818 bits per heavy atom. The van der Waals surface area contributed by atoms with E-state index in [1.165, 1.54) is 12.1 Å². The van der Waals surface area contributed by atoms with Gasteiger partial charge in [0.25, 0.3) is 0 Å². The van der Waals surface area contributed by atoms with Gasteiger partial charge in [-0.05, 0) is 24.3 Å². The van der Waals surface area contributed by atoms with E-state index in [0.717, 1.165) is 24.3 Å². The van der Waals surface area contributed by atoms with Gasteiger partial charge in [-0.3, -0.25) is 20.2 Å². The van der Waals surface area contributed by atoms with Crippen molar-refractivity contribution in [3.05, 3.63) is 56.6 Å². The van der Waals surface area contributed by atoms with Crippen molar-refractivity contribution < 1.29 is 24.6 Å². The first-order valence-corrected chi connectivity index (χ1v) is 6.83. The molecule has 2 N–H and O–H groups in total. The van der Waals surface area contributed by atoms with Crippen LogP contribution >= 0.6 is 0 Å². The second-order valence-corrected chi connectivity index (χ2v) is 5.56. The first-order chi connectivity index (χ1) is 10.3. The van der Waals surface area contributed by atoms with E-state index in [0.29, 0.717) is 0 Å². The number of nitro benzene ring substituents is 2. The van der Waals surface area contributed by atoms with Gasteiger partial charge in [0, 0.05) is 11.2 Å². The summed E-state index contributed by atoms with van der Waals surface area (Å²) in [6.45, 7) is 0. The van der Waals surface area contributed by atoms with Crippen LogP contribution in [0.15, 0.2) is 46.2 Å². The number of hydrogen-bond donors (Lipinski definition) is 2. The van der Waals surface area contributed by atoms with Crippen molar-refractivity contribution in [1.29, 1.82) is 0 Å². The van der Waals surface area contributed by atoms with Crippen molar-refractivity contribution in [2.45, 2.75) is 9.79 Å². The van der Waals surface area contributed by atoms with Gasteiger partial charge in [-0.15, -0.1) is 0 Å². The molecule has 114 valence electrons. The van der Waals surface area contributed by atoms with Gasteiger partial charge in [-0.2, -0.15) is 0 Å². The van der Waals surface area contributed by atoms with Crippen molar-refractivity contribution in [1.82, 2.24) is 0 Å². The smallest absolute Gasteiger partial charge is 0.315 e.